The summed E-state index contributed by atoms with van der Waals surface area (Å²) in [5, 5.41) is 0. The van der Waals surface area contributed by atoms with Crippen LogP contribution in [0.2, 0.25) is 0 Å². The molecule has 0 heterocycles. The molecule has 1 aliphatic rings. The maximum atomic E-state index is 6.40. The second-order valence-corrected chi connectivity index (χ2v) is 5.05. The minimum Gasteiger partial charge on any atom is -0.325 e. The Balaban J connectivity index is 2.80. The van der Waals surface area contributed by atoms with Gasteiger partial charge in [0.25, 0.3) is 0 Å². The fraction of sp³-hybridized carbons (Fsp3) is 1.00. The highest BCUT2D eigenvalue weighted by molar-refractivity contribution is 5.13. The van der Waals surface area contributed by atoms with Crippen LogP contribution in [0.3, 0.4) is 0 Å². The molecule has 1 aliphatic carbocycles. The number of nitrogens with two attached hydrogens (primary N) is 1. The van der Waals surface area contributed by atoms with Gasteiger partial charge in [0.1, 0.15) is 0 Å². The van der Waals surface area contributed by atoms with Crippen LogP contribution < -0.4 is 5.73 Å². The third kappa shape index (κ3) is 1.10. The van der Waals surface area contributed by atoms with E-state index in [0.717, 1.165) is 5.92 Å². The van der Waals surface area contributed by atoms with E-state index in [-0.39, 0.29) is 5.54 Å². The lowest BCUT2D eigenvalue weighted by atomic mass is 9.72. The fourth-order valence-electron chi connectivity index (χ4n) is 2.69. The van der Waals surface area contributed by atoms with E-state index >= 15 is 0 Å². The summed E-state index contributed by atoms with van der Waals surface area (Å²) in [5.41, 5.74) is 6.88. The van der Waals surface area contributed by atoms with Gasteiger partial charge in [0.15, 0.2) is 0 Å². The predicted molar refractivity (Wildman–Crippen MR) is 53.9 cm³/mol. The number of hydrogen-bond donors (Lipinski definition) is 1. The van der Waals surface area contributed by atoms with Gasteiger partial charge in [-0.1, -0.05) is 27.7 Å². The Morgan fingerprint density at radius 2 is 2.00 bits per heavy atom. The van der Waals surface area contributed by atoms with E-state index in [4.69, 9.17) is 5.73 Å². The Hall–Kier alpha value is -0.0400. The molecule has 1 saturated carbocycles. The van der Waals surface area contributed by atoms with Crippen molar-refractivity contribution in [1.29, 1.82) is 0 Å². The maximum absolute atomic E-state index is 6.40. The van der Waals surface area contributed by atoms with Crippen molar-refractivity contribution >= 4 is 0 Å². The van der Waals surface area contributed by atoms with Crippen LogP contribution in [0.25, 0.3) is 0 Å². The van der Waals surface area contributed by atoms with Crippen LogP contribution in [-0.4, -0.2) is 5.54 Å². The third-order valence-electron chi connectivity index (χ3n) is 4.36. The van der Waals surface area contributed by atoms with Crippen molar-refractivity contribution in [1.82, 2.24) is 0 Å². The van der Waals surface area contributed by atoms with E-state index in [2.05, 4.69) is 34.6 Å². The highest BCUT2D eigenvalue weighted by atomic mass is 14.9. The van der Waals surface area contributed by atoms with Crippen molar-refractivity contribution in [3.63, 3.8) is 0 Å². The molecule has 72 valence electrons. The summed E-state index contributed by atoms with van der Waals surface area (Å²) in [6.45, 7) is 11.3. The van der Waals surface area contributed by atoms with Crippen molar-refractivity contribution in [2.45, 2.75) is 53.0 Å². The molecule has 1 heteroatoms. The van der Waals surface area contributed by atoms with Gasteiger partial charge in [-0.25, -0.2) is 0 Å². The zero-order valence-electron chi connectivity index (χ0n) is 9.15. The zero-order chi connectivity index (χ0) is 9.57. The highest BCUT2D eigenvalue weighted by Crippen LogP contribution is 2.62. The second kappa shape index (κ2) is 2.73. The van der Waals surface area contributed by atoms with Crippen LogP contribution in [0.1, 0.15) is 47.5 Å². The summed E-state index contributed by atoms with van der Waals surface area (Å²) in [6, 6.07) is 0. The molecule has 0 radical (unpaired) electrons. The molecule has 1 nitrogen and oxygen atoms in total. The van der Waals surface area contributed by atoms with Crippen LogP contribution in [0.5, 0.6) is 0 Å². The third-order valence-corrected chi connectivity index (χ3v) is 4.36. The van der Waals surface area contributed by atoms with E-state index < -0.39 is 0 Å². The Kier molecular flexibility index (Phi) is 2.28. The minimum absolute atomic E-state index is 0.0289. The Morgan fingerprint density at radius 1 is 1.58 bits per heavy atom. The normalized spacial score (nSPS) is 39.8. The first kappa shape index (κ1) is 10.0. The molecule has 0 spiro atoms. The molecule has 1 fully saturated rings. The van der Waals surface area contributed by atoms with Crippen LogP contribution in [0.15, 0.2) is 0 Å². The monoisotopic (exact) mass is 169 g/mol. The average Bonchev–Trinajstić information content (AvgIpc) is 2.62. The van der Waals surface area contributed by atoms with Gasteiger partial charge in [-0.3, -0.25) is 0 Å². The summed E-state index contributed by atoms with van der Waals surface area (Å²) < 4.78 is 0. The SMILES string of the molecule is CCC1(C(C)(N)C(C)C)CC1C. The van der Waals surface area contributed by atoms with E-state index in [9.17, 15) is 0 Å². The van der Waals surface area contributed by atoms with Crippen molar-refractivity contribution in [2.75, 3.05) is 0 Å². The van der Waals surface area contributed by atoms with Crippen molar-refractivity contribution in [3.8, 4) is 0 Å². The molecule has 0 bridgehead atoms. The summed E-state index contributed by atoms with van der Waals surface area (Å²) in [5.74, 6) is 1.42. The van der Waals surface area contributed by atoms with Gasteiger partial charge in [0.05, 0.1) is 0 Å². The molecule has 3 unspecified atom stereocenters. The second-order valence-electron chi connectivity index (χ2n) is 5.05. The Morgan fingerprint density at radius 3 is 2.08 bits per heavy atom. The molecule has 0 amide bonds. The molecule has 1 rings (SSSR count). The molecular weight excluding hydrogens is 146 g/mol. The first-order valence-electron chi connectivity index (χ1n) is 5.17. The summed E-state index contributed by atoms with van der Waals surface area (Å²) in [7, 11) is 0. The molecule has 0 aromatic rings. The van der Waals surface area contributed by atoms with E-state index in [1.807, 2.05) is 0 Å². The molecule has 0 aromatic heterocycles. The van der Waals surface area contributed by atoms with Crippen LogP contribution >= 0.6 is 0 Å². The van der Waals surface area contributed by atoms with Gasteiger partial charge < -0.3 is 5.73 Å². The maximum Gasteiger partial charge on any atom is 0.0208 e. The zero-order valence-corrected chi connectivity index (χ0v) is 9.15. The van der Waals surface area contributed by atoms with Crippen molar-refractivity contribution in [3.05, 3.63) is 0 Å². The van der Waals surface area contributed by atoms with E-state index in [1.54, 1.807) is 0 Å². The Labute approximate surface area is 76.7 Å². The highest BCUT2D eigenvalue weighted by Gasteiger charge is 2.60. The van der Waals surface area contributed by atoms with Gasteiger partial charge in [-0.15, -0.1) is 0 Å². The Bertz CT molecular complexity index is 168. The van der Waals surface area contributed by atoms with Crippen LogP contribution in [0.4, 0.5) is 0 Å². The minimum atomic E-state index is 0.0289. The van der Waals surface area contributed by atoms with Crippen molar-refractivity contribution in [2.24, 2.45) is 23.0 Å². The number of rotatable bonds is 3. The molecule has 3 atom stereocenters. The average molecular weight is 169 g/mol. The summed E-state index contributed by atoms with van der Waals surface area (Å²) in [6.07, 6.45) is 2.56. The number of hydrogen-bond acceptors (Lipinski definition) is 1. The topological polar surface area (TPSA) is 26.0 Å². The van der Waals surface area contributed by atoms with E-state index in [0.29, 0.717) is 11.3 Å². The molecule has 2 N–H and O–H groups in total. The van der Waals surface area contributed by atoms with Gasteiger partial charge in [-0.05, 0) is 37.0 Å². The largest absolute Gasteiger partial charge is 0.325 e. The fourth-order valence-corrected chi connectivity index (χ4v) is 2.69. The lowest BCUT2D eigenvalue weighted by molar-refractivity contribution is 0.176. The standard InChI is InChI=1S/C11H23N/c1-6-11(7-9(11)4)10(5,12)8(2)3/h8-9H,6-7,12H2,1-5H3. The first-order valence-corrected chi connectivity index (χ1v) is 5.17. The van der Waals surface area contributed by atoms with Gasteiger partial charge in [0, 0.05) is 5.54 Å². The van der Waals surface area contributed by atoms with Crippen molar-refractivity contribution < 1.29 is 0 Å². The summed E-state index contributed by atoms with van der Waals surface area (Å²) in [4.78, 5) is 0. The lowest BCUT2D eigenvalue weighted by Crippen LogP contribution is -2.51. The van der Waals surface area contributed by atoms with Gasteiger partial charge >= 0.3 is 0 Å². The summed E-state index contributed by atoms with van der Waals surface area (Å²) >= 11 is 0. The van der Waals surface area contributed by atoms with Gasteiger partial charge in [0.2, 0.25) is 0 Å². The molecule has 0 saturated heterocycles. The molecular formula is C11H23N. The van der Waals surface area contributed by atoms with E-state index in [1.165, 1.54) is 12.8 Å². The quantitative estimate of drug-likeness (QED) is 0.690. The molecule has 0 aliphatic heterocycles. The van der Waals surface area contributed by atoms with Gasteiger partial charge in [-0.2, -0.15) is 0 Å². The van der Waals surface area contributed by atoms with Crippen LogP contribution in [-0.2, 0) is 0 Å². The lowest BCUT2D eigenvalue weighted by Gasteiger charge is -2.39. The van der Waals surface area contributed by atoms with Crippen LogP contribution in [0, 0.1) is 17.3 Å². The smallest absolute Gasteiger partial charge is 0.0208 e. The predicted octanol–water partition coefficient (Wildman–Crippen LogP) is 2.80. The molecule has 0 aromatic carbocycles. The molecule has 12 heavy (non-hydrogen) atoms. The first-order chi connectivity index (χ1) is 5.38.